The monoisotopic (exact) mass is 489 g/mol. The van der Waals surface area contributed by atoms with Crippen LogP contribution in [0.3, 0.4) is 0 Å². The van der Waals surface area contributed by atoms with Gasteiger partial charge in [0.2, 0.25) is 5.79 Å². The predicted molar refractivity (Wildman–Crippen MR) is 126 cm³/mol. The topological polar surface area (TPSA) is 73.7 Å². The summed E-state index contributed by atoms with van der Waals surface area (Å²) in [5.74, 6) is -0.328. The van der Waals surface area contributed by atoms with Crippen molar-refractivity contribution in [1.82, 2.24) is 20.1 Å². The van der Waals surface area contributed by atoms with Gasteiger partial charge in [0.25, 0.3) is 0 Å². The Morgan fingerprint density at radius 3 is 2.67 bits per heavy atom. The van der Waals surface area contributed by atoms with Gasteiger partial charge in [-0.1, -0.05) is 29.3 Å². The maximum atomic E-state index is 6.51. The molecule has 0 bridgehead atoms. The standard InChI is InChI=1S/C23H25Cl2N5O3/c24-17-1-6-21(22(25)11-17)23(14-30-16-27-15-28-30)32-13-20(33-23)12-31-19-4-2-18(3-5-19)29-9-7-26-8-10-29/h1-6,11,15-16,20,26H,7-10,12-14H2. The van der Waals surface area contributed by atoms with Crippen LogP contribution in [0.4, 0.5) is 5.69 Å². The highest BCUT2D eigenvalue weighted by Gasteiger charge is 2.45. The minimum absolute atomic E-state index is 0.284. The van der Waals surface area contributed by atoms with Crippen molar-refractivity contribution in [3.8, 4) is 5.75 Å². The highest BCUT2D eigenvalue weighted by atomic mass is 35.5. The molecule has 0 amide bonds. The zero-order chi connectivity index (χ0) is 22.7. The largest absolute Gasteiger partial charge is 0.491 e. The van der Waals surface area contributed by atoms with Gasteiger partial charge in [-0.2, -0.15) is 5.10 Å². The first-order valence-electron chi connectivity index (χ1n) is 10.9. The van der Waals surface area contributed by atoms with Crippen molar-refractivity contribution in [2.45, 2.75) is 18.4 Å². The number of aromatic nitrogens is 3. The van der Waals surface area contributed by atoms with Crippen molar-refractivity contribution in [3.05, 3.63) is 70.7 Å². The lowest BCUT2D eigenvalue weighted by atomic mass is 10.1. The van der Waals surface area contributed by atoms with E-state index >= 15 is 0 Å². The zero-order valence-corrected chi connectivity index (χ0v) is 19.5. The molecule has 2 atom stereocenters. The second-order valence-corrected chi connectivity index (χ2v) is 8.91. The van der Waals surface area contributed by atoms with Gasteiger partial charge in [-0.15, -0.1) is 0 Å². The van der Waals surface area contributed by atoms with Crippen LogP contribution >= 0.6 is 23.2 Å². The van der Waals surface area contributed by atoms with Crippen molar-refractivity contribution in [2.24, 2.45) is 0 Å². The molecule has 5 rings (SSSR count). The number of rotatable bonds is 7. The molecular weight excluding hydrogens is 465 g/mol. The van der Waals surface area contributed by atoms with E-state index in [1.165, 1.54) is 12.0 Å². The average Bonchev–Trinajstić information content (AvgIpc) is 3.49. The van der Waals surface area contributed by atoms with Crippen LogP contribution in [0.25, 0.3) is 0 Å². The van der Waals surface area contributed by atoms with E-state index < -0.39 is 5.79 Å². The molecule has 2 fully saturated rings. The molecule has 0 aliphatic carbocycles. The molecule has 0 radical (unpaired) electrons. The smallest absolute Gasteiger partial charge is 0.217 e. The summed E-state index contributed by atoms with van der Waals surface area (Å²) in [7, 11) is 0. The molecule has 3 aromatic rings. The lowest BCUT2D eigenvalue weighted by molar-refractivity contribution is -0.190. The third kappa shape index (κ3) is 5.10. The molecule has 8 nitrogen and oxygen atoms in total. The Balaban J connectivity index is 1.26. The Labute approximate surface area is 202 Å². The molecule has 33 heavy (non-hydrogen) atoms. The van der Waals surface area contributed by atoms with E-state index in [2.05, 4.69) is 32.4 Å². The quantitative estimate of drug-likeness (QED) is 0.545. The van der Waals surface area contributed by atoms with Crippen LogP contribution in [0.2, 0.25) is 10.0 Å². The molecule has 2 aliphatic heterocycles. The SMILES string of the molecule is Clc1ccc(C2(Cn3cncn3)OCC(COc3ccc(N4CCNCC4)cc3)O2)c(Cl)c1. The molecular formula is C23H25Cl2N5O3. The zero-order valence-electron chi connectivity index (χ0n) is 18.0. The number of hydrogen-bond donors (Lipinski definition) is 1. The van der Waals surface area contributed by atoms with Gasteiger partial charge in [-0.25, -0.2) is 9.67 Å². The summed E-state index contributed by atoms with van der Waals surface area (Å²) in [6.45, 7) is 5.02. The highest BCUT2D eigenvalue weighted by Crippen LogP contribution is 2.40. The molecule has 10 heteroatoms. The Morgan fingerprint density at radius 2 is 1.94 bits per heavy atom. The van der Waals surface area contributed by atoms with E-state index in [1.54, 1.807) is 23.1 Å². The number of halogens is 2. The molecule has 174 valence electrons. The van der Waals surface area contributed by atoms with Crippen LogP contribution in [-0.2, 0) is 21.8 Å². The van der Waals surface area contributed by atoms with Crippen molar-refractivity contribution in [1.29, 1.82) is 0 Å². The van der Waals surface area contributed by atoms with E-state index in [4.69, 9.17) is 37.4 Å². The molecule has 0 spiro atoms. The van der Waals surface area contributed by atoms with Gasteiger partial charge >= 0.3 is 0 Å². The normalized spacial score (nSPS) is 23.1. The first kappa shape index (κ1) is 22.4. The van der Waals surface area contributed by atoms with Crippen LogP contribution in [-0.4, -0.2) is 60.3 Å². The Kier molecular flexibility index (Phi) is 6.71. The molecule has 0 saturated carbocycles. The fourth-order valence-corrected chi connectivity index (χ4v) is 4.70. The van der Waals surface area contributed by atoms with Crippen molar-refractivity contribution >= 4 is 28.9 Å². The van der Waals surface area contributed by atoms with Crippen molar-refractivity contribution in [3.63, 3.8) is 0 Å². The molecule has 3 heterocycles. The summed E-state index contributed by atoms with van der Waals surface area (Å²) in [4.78, 5) is 6.38. The van der Waals surface area contributed by atoms with Crippen LogP contribution < -0.4 is 15.0 Å². The minimum Gasteiger partial charge on any atom is -0.491 e. The van der Waals surface area contributed by atoms with E-state index in [-0.39, 0.29) is 6.10 Å². The Morgan fingerprint density at radius 1 is 1.12 bits per heavy atom. The summed E-state index contributed by atoms with van der Waals surface area (Å²) in [6, 6.07) is 13.4. The van der Waals surface area contributed by atoms with Gasteiger partial charge in [-0.05, 0) is 36.4 Å². The van der Waals surface area contributed by atoms with Gasteiger partial charge in [0.15, 0.2) is 0 Å². The summed E-state index contributed by atoms with van der Waals surface area (Å²) < 4.78 is 20.3. The van der Waals surface area contributed by atoms with Gasteiger partial charge in [-0.3, -0.25) is 0 Å². The van der Waals surface area contributed by atoms with Crippen molar-refractivity contribution < 1.29 is 14.2 Å². The second kappa shape index (κ2) is 9.87. The second-order valence-electron chi connectivity index (χ2n) is 8.06. The first-order chi connectivity index (χ1) is 16.1. The summed E-state index contributed by atoms with van der Waals surface area (Å²) in [6.07, 6.45) is 2.80. The summed E-state index contributed by atoms with van der Waals surface area (Å²) in [5.41, 5.74) is 1.89. The van der Waals surface area contributed by atoms with Gasteiger partial charge in [0.1, 0.15) is 37.7 Å². The molecule has 2 aliphatic rings. The van der Waals surface area contributed by atoms with Gasteiger partial charge in [0, 0.05) is 42.5 Å². The van der Waals surface area contributed by atoms with Gasteiger partial charge < -0.3 is 24.4 Å². The van der Waals surface area contributed by atoms with Gasteiger partial charge in [0.05, 0.1) is 11.6 Å². The predicted octanol–water partition coefficient (Wildman–Crippen LogP) is 3.34. The average molecular weight is 490 g/mol. The first-order valence-corrected chi connectivity index (χ1v) is 11.7. The summed E-state index contributed by atoms with van der Waals surface area (Å²) >= 11 is 12.6. The Bertz CT molecular complexity index is 1060. The molecule has 1 N–H and O–H groups in total. The lowest BCUT2D eigenvalue weighted by Crippen LogP contribution is -2.43. The van der Waals surface area contributed by atoms with Crippen molar-refractivity contribution in [2.75, 3.05) is 44.3 Å². The molecule has 2 saturated heterocycles. The van der Waals surface area contributed by atoms with E-state index in [0.29, 0.717) is 35.4 Å². The fraction of sp³-hybridized carbons (Fsp3) is 0.391. The van der Waals surface area contributed by atoms with E-state index in [9.17, 15) is 0 Å². The maximum absolute atomic E-state index is 6.51. The Hall–Kier alpha value is -2.36. The van der Waals surface area contributed by atoms with E-state index in [0.717, 1.165) is 31.9 Å². The maximum Gasteiger partial charge on any atom is 0.217 e. The number of hydrogen-bond acceptors (Lipinski definition) is 7. The number of nitrogens with one attached hydrogen (secondary N) is 1. The fourth-order valence-electron chi connectivity index (χ4n) is 4.15. The third-order valence-corrected chi connectivity index (χ3v) is 6.34. The molecule has 1 aromatic heterocycles. The van der Waals surface area contributed by atoms with Crippen LogP contribution in [0.5, 0.6) is 5.75 Å². The lowest BCUT2D eigenvalue weighted by Gasteiger charge is -2.29. The highest BCUT2D eigenvalue weighted by molar-refractivity contribution is 6.35. The van der Waals surface area contributed by atoms with E-state index in [1.807, 2.05) is 18.2 Å². The van der Waals surface area contributed by atoms with Crippen LogP contribution in [0.1, 0.15) is 5.56 Å². The number of piperazine rings is 1. The number of anilines is 1. The third-order valence-electron chi connectivity index (χ3n) is 5.79. The van der Waals surface area contributed by atoms with Crippen LogP contribution in [0.15, 0.2) is 55.1 Å². The minimum atomic E-state index is -1.12. The summed E-state index contributed by atoms with van der Waals surface area (Å²) in [5, 5.41) is 8.58. The number of benzene rings is 2. The number of nitrogens with zero attached hydrogens (tertiary/aromatic N) is 4. The van der Waals surface area contributed by atoms with Crippen LogP contribution in [0, 0.1) is 0 Å². The molecule has 2 aromatic carbocycles. The number of ether oxygens (including phenoxy) is 3. The molecule has 2 unspecified atom stereocenters.